The highest BCUT2D eigenvalue weighted by Crippen LogP contribution is 2.26. The van der Waals surface area contributed by atoms with Crippen LogP contribution < -0.4 is 10.1 Å². The molecule has 1 N–H and O–H groups in total. The largest absolute Gasteiger partial charge is 0.489 e. The zero-order chi connectivity index (χ0) is 20.9. The van der Waals surface area contributed by atoms with E-state index < -0.39 is 5.97 Å². The molecule has 0 saturated heterocycles. The number of esters is 1. The fourth-order valence-electron chi connectivity index (χ4n) is 3.63. The lowest BCUT2D eigenvalue weighted by molar-refractivity contribution is 0.0602. The molecule has 30 heavy (non-hydrogen) atoms. The van der Waals surface area contributed by atoms with E-state index in [1.54, 1.807) is 36.4 Å². The van der Waals surface area contributed by atoms with Crippen LogP contribution in [-0.2, 0) is 24.2 Å². The Bertz CT molecular complexity index is 1070. The molecule has 3 aromatic carbocycles. The number of methoxy groups -OCH3 is 1. The third-order valence-corrected chi connectivity index (χ3v) is 5.27. The van der Waals surface area contributed by atoms with E-state index in [4.69, 9.17) is 9.47 Å². The summed E-state index contributed by atoms with van der Waals surface area (Å²) in [5, 5.41) is 2.77. The second-order valence-electron chi connectivity index (χ2n) is 7.26. The van der Waals surface area contributed by atoms with Crippen molar-refractivity contribution < 1.29 is 19.1 Å². The topological polar surface area (TPSA) is 64.6 Å². The minimum atomic E-state index is -0.495. The number of fused-ring (bicyclic) bond motifs is 1. The number of anilines is 1. The van der Waals surface area contributed by atoms with Crippen molar-refractivity contribution in [1.82, 2.24) is 0 Å². The molecular weight excluding hydrogens is 378 g/mol. The number of para-hydroxylation sites is 1. The number of hydrogen-bond donors (Lipinski definition) is 1. The summed E-state index contributed by atoms with van der Waals surface area (Å²) < 4.78 is 10.7. The number of amides is 1. The van der Waals surface area contributed by atoms with Crippen molar-refractivity contribution in [2.75, 3.05) is 12.4 Å². The molecule has 1 aliphatic rings. The van der Waals surface area contributed by atoms with Crippen molar-refractivity contribution in [3.8, 4) is 5.75 Å². The highest BCUT2D eigenvalue weighted by atomic mass is 16.5. The summed E-state index contributed by atoms with van der Waals surface area (Å²) >= 11 is 0. The second kappa shape index (κ2) is 8.82. The molecule has 5 heteroatoms. The number of nitrogens with one attached hydrogen (secondary N) is 1. The summed E-state index contributed by atoms with van der Waals surface area (Å²) in [6.07, 6.45) is 3.49. The maximum atomic E-state index is 12.6. The fraction of sp³-hybridized carbons (Fsp3) is 0.200. The van der Waals surface area contributed by atoms with E-state index in [9.17, 15) is 9.59 Å². The highest BCUT2D eigenvalue weighted by molar-refractivity contribution is 6.08. The SMILES string of the molecule is COC(=O)c1ccccc1NC(=O)c1ccc(COc2ccc3c(c2)CCC3)cc1. The van der Waals surface area contributed by atoms with Crippen LogP contribution in [0.2, 0.25) is 0 Å². The summed E-state index contributed by atoms with van der Waals surface area (Å²) in [6.45, 7) is 0.436. The van der Waals surface area contributed by atoms with Crippen LogP contribution in [0.3, 0.4) is 0 Å². The fourth-order valence-corrected chi connectivity index (χ4v) is 3.63. The third-order valence-electron chi connectivity index (χ3n) is 5.27. The van der Waals surface area contributed by atoms with Gasteiger partial charge in [-0.1, -0.05) is 30.3 Å². The summed E-state index contributed by atoms with van der Waals surface area (Å²) in [7, 11) is 1.31. The van der Waals surface area contributed by atoms with Crippen molar-refractivity contribution in [2.24, 2.45) is 0 Å². The Kier molecular flexibility index (Phi) is 5.80. The van der Waals surface area contributed by atoms with Gasteiger partial charge in [0, 0.05) is 5.56 Å². The molecule has 0 heterocycles. The molecule has 0 fully saturated rings. The number of hydrogen-bond acceptors (Lipinski definition) is 4. The Labute approximate surface area is 175 Å². The van der Waals surface area contributed by atoms with E-state index >= 15 is 0 Å². The predicted octanol–water partition coefficient (Wildman–Crippen LogP) is 4.79. The minimum Gasteiger partial charge on any atom is -0.489 e. The molecular formula is C25H23NO4. The van der Waals surface area contributed by atoms with Crippen molar-refractivity contribution >= 4 is 17.6 Å². The van der Waals surface area contributed by atoms with E-state index in [0.717, 1.165) is 24.2 Å². The number of carbonyl (C=O) groups is 2. The van der Waals surface area contributed by atoms with Gasteiger partial charge in [-0.2, -0.15) is 0 Å². The monoisotopic (exact) mass is 401 g/mol. The van der Waals surface area contributed by atoms with Gasteiger partial charge < -0.3 is 14.8 Å². The number of aryl methyl sites for hydroxylation is 2. The summed E-state index contributed by atoms with van der Waals surface area (Å²) in [5.74, 6) is 0.0827. The first kappa shape index (κ1) is 19.7. The van der Waals surface area contributed by atoms with Crippen LogP contribution >= 0.6 is 0 Å². The predicted molar refractivity (Wildman–Crippen MR) is 115 cm³/mol. The molecule has 3 aromatic rings. The van der Waals surface area contributed by atoms with Crippen LogP contribution in [-0.4, -0.2) is 19.0 Å². The maximum Gasteiger partial charge on any atom is 0.339 e. The van der Waals surface area contributed by atoms with Crippen LogP contribution in [0, 0.1) is 0 Å². The van der Waals surface area contributed by atoms with Crippen molar-refractivity contribution in [3.05, 3.63) is 94.5 Å². The van der Waals surface area contributed by atoms with Gasteiger partial charge in [0.1, 0.15) is 12.4 Å². The molecule has 0 aromatic heterocycles. The lowest BCUT2D eigenvalue weighted by Gasteiger charge is -2.11. The van der Waals surface area contributed by atoms with Gasteiger partial charge in [-0.25, -0.2) is 4.79 Å². The quantitative estimate of drug-likeness (QED) is 0.603. The van der Waals surface area contributed by atoms with Gasteiger partial charge in [-0.05, 0) is 72.4 Å². The molecule has 0 atom stereocenters. The minimum absolute atomic E-state index is 0.294. The Balaban J connectivity index is 1.39. The summed E-state index contributed by atoms with van der Waals surface area (Å²) in [4.78, 5) is 24.4. The highest BCUT2D eigenvalue weighted by Gasteiger charge is 2.14. The molecule has 4 rings (SSSR count). The Morgan fingerprint density at radius 1 is 0.933 bits per heavy atom. The van der Waals surface area contributed by atoms with Gasteiger partial charge in [0.2, 0.25) is 0 Å². The van der Waals surface area contributed by atoms with Crippen molar-refractivity contribution in [3.63, 3.8) is 0 Å². The Morgan fingerprint density at radius 2 is 1.70 bits per heavy atom. The average molecular weight is 401 g/mol. The number of ether oxygens (including phenoxy) is 2. The average Bonchev–Trinajstić information content (AvgIpc) is 3.26. The summed E-state index contributed by atoms with van der Waals surface area (Å²) in [5.41, 5.74) is 5.00. The normalized spacial score (nSPS) is 12.2. The third kappa shape index (κ3) is 4.35. The second-order valence-corrected chi connectivity index (χ2v) is 7.26. The van der Waals surface area contributed by atoms with Crippen LogP contribution in [0.25, 0.3) is 0 Å². The molecule has 0 bridgehead atoms. The number of carbonyl (C=O) groups excluding carboxylic acids is 2. The van der Waals surface area contributed by atoms with E-state index in [1.165, 1.54) is 24.7 Å². The Hall–Kier alpha value is -3.60. The lowest BCUT2D eigenvalue weighted by atomic mass is 10.1. The standard InChI is InChI=1S/C25H23NO4/c1-29-25(28)22-7-2-3-8-23(22)26-24(27)19-11-9-17(10-12-19)16-30-21-14-13-18-5-4-6-20(18)15-21/h2-3,7-15H,4-6,16H2,1H3,(H,26,27). The first-order chi connectivity index (χ1) is 14.6. The molecule has 0 unspecified atom stereocenters. The molecule has 5 nitrogen and oxygen atoms in total. The molecule has 0 saturated carbocycles. The first-order valence-corrected chi connectivity index (χ1v) is 9.96. The first-order valence-electron chi connectivity index (χ1n) is 9.96. The summed E-state index contributed by atoms with van der Waals surface area (Å²) in [6, 6.07) is 20.3. The maximum absolute atomic E-state index is 12.6. The van der Waals surface area contributed by atoms with Gasteiger partial charge in [0.05, 0.1) is 18.4 Å². The van der Waals surface area contributed by atoms with Gasteiger partial charge in [-0.3, -0.25) is 4.79 Å². The molecule has 0 aliphatic heterocycles. The zero-order valence-corrected chi connectivity index (χ0v) is 16.8. The van der Waals surface area contributed by atoms with E-state index in [-0.39, 0.29) is 5.91 Å². The molecule has 152 valence electrons. The lowest BCUT2D eigenvalue weighted by Crippen LogP contribution is -2.15. The smallest absolute Gasteiger partial charge is 0.339 e. The van der Waals surface area contributed by atoms with Crippen LogP contribution in [0.5, 0.6) is 5.75 Å². The van der Waals surface area contributed by atoms with Crippen LogP contribution in [0.1, 0.15) is 43.8 Å². The molecule has 0 radical (unpaired) electrons. The van der Waals surface area contributed by atoms with E-state index in [1.807, 2.05) is 18.2 Å². The molecule has 1 aliphatic carbocycles. The van der Waals surface area contributed by atoms with Gasteiger partial charge in [0.25, 0.3) is 5.91 Å². The molecule has 0 spiro atoms. The number of rotatable bonds is 6. The zero-order valence-electron chi connectivity index (χ0n) is 16.8. The van der Waals surface area contributed by atoms with Crippen molar-refractivity contribution in [2.45, 2.75) is 25.9 Å². The number of benzene rings is 3. The van der Waals surface area contributed by atoms with Gasteiger partial charge >= 0.3 is 5.97 Å². The van der Waals surface area contributed by atoms with Crippen LogP contribution in [0.15, 0.2) is 66.7 Å². The van der Waals surface area contributed by atoms with E-state index in [0.29, 0.717) is 23.4 Å². The molecule has 1 amide bonds. The van der Waals surface area contributed by atoms with Crippen LogP contribution in [0.4, 0.5) is 5.69 Å². The van der Waals surface area contributed by atoms with Crippen molar-refractivity contribution in [1.29, 1.82) is 0 Å². The van der Waals surface area contributed by atoms with Gasteiger partial charge in [-0.15, -0.1) is 0 Å². The Morgan fingerprint density at radius 3 is 2.50 bits per heavy atom. The van der Waals surface area contributed by atoms with E-state index in [2.05, 4.69) is 17.4 Å². The van der Waals surface area contributed by atoms with Gasteiger partial charge in [0.15, 0.2) is 0 Å².